The minimum absolute atomic E-state index is 0. The fourth-order valence-corrected chi connectivity index (χ4v) is 5.50. The van der Waals surface area contributed by atoms with E-state index in [0.29, 0.717) is 16.6 Å². The van der Waals surface area contributed by atoms with Crippen molar-refractivity contribution in [3.05, 3.63) is 61.2 Å². The van der Waals surface area contributed by atoms with E-state index in [9.17, 15) is 31.3 Å². The van der Waals surface area contributed by atoms with E-state index in [1.54, 1.807) is 38.2 Å². The Morgan fingerprint density at radius 2 is 1.67 bits per heavy atom. The van der Waals surface area contributed by atoms with Crippen molar-refractivity contribution >= 4 is 71.0 Å². The van der Waals surface area contributed by atoms with Gasteiger partial charge in [0.15, 0.2) is 15.6 Å². The molecule has 0 radical (unpaired) electrons. The highest BCUT2D eigenvalue weighted by atomic mass is 35.5. The third-order valence-corrected chi connectivity index (χ3v) is 7.92. The van der Waals surface area contributed by atoms with Crippen molar-refractivity contribution in [3.8, 4) is 5.75 Å². The van der Waals surface area contributed by atoms with Gasteiger partial charge in [-0.1, -0.05) is 13.5 Å². The number of benzene rings is 3. The van der Waals surface area contributed by atoms with E-state index in [2.05, 4.69) is 34.0 Å². The SMILES string of the molecule is C.C=C.CNc1ccc2c(O)c(N=Nc3cc(NC(=O)CS(=O)(=O)CCCl)ccc3C)c(S(=O)(=O)O)cc2c1. The molecule has 39 heavy (non-hydrogen) atoms. The van der Waals surface area contributed by atoms with Crippen LogP contribution >= 0.6 is 11.6 Å². The summed E-state index contributed by atoms with van der Waals surface area (Å²) < 4.78 is 57.4. The molecule has 0 aliphatic heterocycles. The number of amides is 1. The molecule has 0 unspecified atom stereocenters. The van der Waals surface area contributed by atoms with Gasteiger partial charge in [-0.25, -0.2) is 8.42 Å². The quantitative estimate of drug-likeness (QED) is 0.107. The van der Waals surface area contributed by atoms with E-state index < -0.39 is 47.9 Å². The molecule has 0 saturated carbocycles. The van der Waals surface area contributed by atoms with Crippen molar-refractivity contribution in [2.75, 3.05) is 35.1 Å². The number of aromatic hydroxyl groups is 1. The Morgan fingerprint density at radius 3 is 2.26 bits per heavy atom. The van der Waals surface area contributed by atoms with Gasteiger partial charge in [0.1, 0.15) is 16.3 Å². The number of sulfone groups is 1. The fraction of sp³-hybridized carbons (Fsp3) is 0.240. The molecule has 3 aromatic carbocycles. The van der Waals surface area contributed by atoms with Crippen molar-refractivity contribution in [2.24, 2.45) is 10.2 Å². The molecule has 0 atom stereocenters. The third kappa shape index (κ3) is 8.75. The first-order valence-corrected chi connectivity index (χ1v) is 14.7. The van der Waals surface area contributed by atoms with Crippen molar-refractivity contribution in [1.29, 1.82) is 0 Å². The highest BCUT2D eigenvalue weighted by Crippen LogP contribution is 2.42. The second-order valence-electron chi connectivity index (χ2n) is 7.76. The van der Waals surface area contributed by atoms with Gasteiger partial charge >= 0.3 is 0 Å². The highest BCUT2D eigenvalue weighted by molar-refractivity contribution is 7.92. The molecule has 3 rings (SSSR count). The summed E-state index contributed by atoms with van der Waals surface area (Å²) in [4.78, 5) is 11.5. The number of aryl methyl sites for hydroxylation is 1. The number of alkyl halides is 1. The number of phenols is 1. The zero-order valence-corrected chi connectivity index (χ0v) is 23.0. The maximum Gasteiger partial charge on any atom is 0.296 e. The maximum atomic E-state index is 12.1. The Morgan fingerprint density at radius 1 is 1.03 bits per heavy atom. The van der Waals surface area contributed by atoms with Crippen LogP contribution in [0.2, 0.25) is 0 Å². The summed E-state index contributed by atoms with van der Waals surface area (Å²) in [5.74, 6) is -2.49. The first kappa shape index (κ1) is 33.5. The molecule has 0 spiro atoms. The predicted molar refractivity (Wildman–Crippen MR) is 156 cm³/mol. The number of fused-ring (bicyclic) bond motifs is 1. The van der Waals surface area contributed by atoms with Crippen molar-refractivity contribution in [1.82, 2.24) is 0 Å². The average molecular weight is 599 g/mol. The normalized spacial score (nSPS) is 11.4. The Bertz CT molecular complexity index is 1590. The molecule has 1 amide bonds. The predicted octanol–water partition coefficient (Wildman–Crippen LogP) is 5.59. The molecule has 0 aromatic heterocycles. The molecule has 14 heteroatoms. The first-order chi connectivity index (χ1) is 17.8. The molecule has 3 aromatic rings. The molecule has 4 N–H and O–H groups in total. The Kier molecular flexibility index (Phi) is 12.1. The summed E-state index contributed by atoms with van der Waals surface area (Å²) >= 11 is 5.44. The van der Waals surface area contributed by atoms with Crippen LogP contribution in [0.15, 0.2) is 70.7 Å². The number of halogens is 1. The van der Waals surface area contributed by atoms with Crippen LogP contribution in [0.1, 0.15) is 13.0 Å². The van der Waals surface area contributed by atoms with E-state index in [1.165, 1.54) is 18.2 Å². The molecule has 0 saturated heterocycles. The molecule has 0 heterocycles. The molecular formula is C25H31ClN4O7S2. The number of carbonyl (C=O) groups excluding carboxylic acids is 1. The topological polar surface area (TPSA) is 175 Å². The van der Waals surface area contributed by atoms with E-state index in [0.717, 1.165) is 0 Å². The summed E-state index contributed by atoms with van der Waals surface area (Å²) in [6.07, 6.45) is 0. The number of carbonyl (C=O) groups is 1. The van der Waals surface area contributed by atoms with Crippen LogP contribution in [0.5, 0.6) is 5.75 Å². The number of nitrogens with zero attached hydrogens (tertiary/aromatic N) is 2. The summed E-state index contributed by atoms with van der Waals surface area (Å²) in [5.41, 5.74) is 1.19. The fourth-order valence-electron chi connectivity index (χ4n) is 3.29. The van der Waals surface area contributed by atoms with E-state index >= 15 is 0 Å². The number of hydrogen-bond acceptors (Lipinski definition) is 9. The number of azo groups is 1. The standard InChI is InChI=1S/C22H23ClN4O7S2.C2H4.CH4/c1-13-3-4-16(25-20(28)12-35(30,31)8-7-23)11-18(13)26-27-21-19(36(32,33)34)10-14-9-15(24-2)5-6-17(14)22(21)29;1-2;/h3-6,9-11,24,29H,7-8,12H2,1-2H3,(H,25,28)(H,32,33,34);1-2H2;1H4. The van der Waals surface area contributed by atoms with Gasteiger partial charge in [0.25, 0.3) is 10.1 Å². The monoisotopic (exact) mass is 598 g/mol. The Balaban J connectivity index is 0.00000248. The van der Waals surface area contributed by atoms with Gasteiger partial charge in [-0.05, 0) is 54.3 Å². The second kappa shape index (κ2) is 14.0. The number of hydrogen-bond donors (Lipinski definition) is 4. The van der Waals surface area contributed by atoms with Crippen molar-refractivity contribution in [3.63, 3.8) is 0 Å². The Hall–Kier alpha value is -3.52. The lowest BCUT2D eigenvalue weighted by molar-refractivity contribution is -0.113. The highest BCUT2D eigenvalue weighted by Gasteiger charge is 2.22. The van der Waals surface area contributed by atoms with Gasteiger partial charge in [0, 0.05) is 29.7 Å². The largest absolute Gasteiger partial charge is 0.505 e. The van der Waals surface area contributed by atoms with Gasteiger partial charge in [-0.3, -0.25) is 9.35 Å². The second-order valence-corrected chi connectivity index (χ2v) is 11.7. The average Bonchev–Trinajstić information content (AvgIpc) is 2.84. The lowest BCUT2D eigenvalue weighted by atomic mass is 10.1. The summed E-state index contributed by atoms with van der Waals surface area (Å²) in [5, 5.41) is 24.6. The van der Waals surface area contributed by atoms with Crippen molar-refractivity contribution < 1.29 is 31.3 Å². The van der Waals surface area contributed by atoms with Gasteiger partial charge in [-0.2, -0.15) is 13.5 Å². The molecule has 212 valence electrons. The summed E-state index contributed by atoms with van der Waals surface area (Å²) in [6, 6.07) is 10.5. The third-order valence-electron chi connectivity index (χ3n) is 5.11. The molecule has 11 nitrogen and oxygen atoms in total. The van der Waals surface area contributed by atoms with Crippen molar-refractivity contribution in [2.45, 2.75) is 19.2 Å². The molecule has 0 fully saturated rings. The van der Waals surface area contributed by atoms with Gasteiger partial charge < -0.3 is 15.7 Å². The minimum Gasteiger partial charge on any atom is -0.505 e. The van der Waals surface area contributed by atoms with Crippen LogP contribution in [0.4, 0.5) is 22.7 Å². The van der Waals surface area contributed by atoms with Gasteiger partial charge in [0.05, 0.1) is 11.4 Å². The number of rotatable bonds is 9. The van der Waals surface area contributed by atoms with Crippen LogP contribution in [0.3, 0.4) is 0 Å². The molecule has 0 aliphatic rings. The van der Waals surface area contributed by atoms with Crippen LogP contribution in [0, 0.1) is 6.92 Å². The van der Waals surface area contributed by atoms with Gasteiger partial charge in [0.2, 0.25) is 5.91 Å². The van der Waals surface area contributed by atoms with Crippen LogP contribution in [-0.2, 0) is 24.7 Å². The lowest BCUT2D eigenvalue weighted by Gasteiger charge is -2.11. The first-order valence-electron chi connectivity index (χ1n) is 10.9. The molecule has 0 aliphatic carbocycles. The number of anilines is 2. The van der Waals surface area contributed by atoms with E-state index in [1.807, 2.05) is 0 Å². The molecular weight excluding hydrogens is 568 g/mol. The van der Waals surface area contributed by atoms with Crippen LogP contribution in [-0.4, -0.2) is 56.8 Å². The zero-order valence-electron chi connectivity index (χ0n) is 20.6. The zero-order chi connectivity index (χ0) is 28.7. The number of nitrogens with one attached hydrogen (secondary N) is 2. The maximum absolute atomic E-state index is 12.1. The van der Waals surface area contributed by atoms with Gasteiger partial charge in [-0.15, -0.1) is 29.9 Å². The smallest absolute Gasteiger partial charge is 0.296 e. The lowest BCUT2D eigenvalue weighted by Crippen LogP contribution is -2.25. The Labute approximate surface area is 233 Å². The minimum atomic E-state index is -4.79. The van der Waals surface area contributed by atoms with E-state index in [4.69, 9.17) is 11.6 Å². The number of phenolic OH excluding ortho intramolecular Hbond substituents is 1. The summed E-state index contributed by atoms with van der Waals surface area (Å²) in [6.45, 7) is 7.67. The van der Waals surface area contributed by atoms with E-state index in [-0.39, 0.29) is 35.8 Å². The van der Waals surface area contributed by atoms with Crippen LogP contribution in [0.25, 0.3) is 10.8 Å². The van der Waals surface area contributed by atoms with Crippen LogP contribution < -0.4 is 10.6 Å². The summed E-state index contributed by atoms with van der Waals surface area (Å²) in [7, 11) is -6.77. The molecule has 0 bridgehead atoms.